The van der Waals surface area contributed by atoms with Gasteiger partial charge in [0.05, 0.1) is 10.5 Å². The molecule has 0 radical (unpaired) electrons. The molecule has 8 nitrogen and oxygen atoms in total. The number of pyridine rings is 1. The zero-order valence-corrected chi connectivity index (χ0v) is 18.2. The number of carbonyl (C=O) groups excluding carboxylic acids is 1. The lowest BCUT2D eigenvalue weighted by molar-refractivity contribution is -0.137. The summed E-state index contributed by atoms with van der Waals surface area (Å²) >= 11 is 5.76. The van der Waals surface area contributed by atoms with Gasteiger partial charge in [0, 0.05) is 38.4 Å². The minimum Gasteiger partial charge on any atom is -0.354 e. The Labute approximate surface area is 187 Å². The van der Waals surface area contributed by atoms with Gasteiger partial charge >= 0.3 is 12.2 Å². The van der Waals surface area contributed by atoms with E-state index in [4.69, 9.17) is 17.3 Å². The van der Waals surface area contributed by atoms with Crippen molar-refractivity contribution in [2.75, 3.05) is 42.5 Å². The Hall–Kier alpha value is -2.57. The van der Waals surface area contributed by atoms with Gasteiger partial charge in [-0.3, -0.25) is 4.90 Å². The number of amides is 2. The molecule has 2 aliphatic heterocycles. The molecule has 1 aromatic heterocycles. The number of halogens is 4. The number of alkyl halides is 3. The van der Waals surface area contributed by atoms with Gasteiger partial charge in [0.2, 0.25) is 10.0 Å². The van der Waals surface area contributed by atoms with Crippen LogP contribution in [-0.4, -0.2) is 56.5 Å². The number of carbonyl (C=O) groups is 1. The molecule has 2 aromatic rings. The normalized spacial score (nSPS) is 17.5. The number of nitrogens with two attached hydrogens (primary N) is 1. The highest BCUT2D eigenvalue weighted by Crippen LogP contribution is 2.34. The number of urea groups is 1. The van der Waals surface area contributed by atoms with Crippen molar-refractivity contribution in [2.24, 2.45) is 5.73 Å². The van der Waals surface area contributed by atoms with Gasteiger partial charge in [-0.25, -0.2) is 18.2 Å². The minimum atomic E-state index is -4.57. The minimum absolute atomic E-state index is 0.0472. The quantitative estimate of drug-likeness (QED) is 0.668. The number of primary amides is 1. The number of benzene rings is 1. The summed E-state index contributed by atoms with van der Waals surface area (Å²) in [4.78, 5) is 18.5. The monoisotopic (exact) mass is 489 g/mol. The molecular weight excluding hydrogens is 471 g/mol. The van der Waals surface area contributed by atoms with Crippen molar-refractivity contribution in [1.82, 2.24) is 9.29 Å². The van der Waals surface area contributed by atoms with Crippen molar-refractivity contribution in [1.29, 1.82) is 0 Å². The van der Waals surface area contributed by atoms with Gasteiger partial charge in [0.25, 0.3) is 0 Å². The summed E-state index contributed by atoms with van der Waals surface area (Å²) in [5.41, 5.74) is 5.73. The van der Waals surface area contributed by atoms with E-state index in [-0.39, 0.29) is 42.0 Å². The Balaban J connectivity index is 1.50. The third kappa shape index (κ3) is 4.21. The third-order valence-electron chi connectivity index (χ3n) is 5.52. The third-order valence-corrected chi connectivity index (χ3v) is 7.61. The van der Waals surface area contributed by atoms with Crippen LogP contribution in [0, 0.1) is 0 Å². The van der Waals surface area contributed by atoms with E-state index >= 15 is 0 Å². The molecule has 1 aromatic carbocycles. The topological polar surface area (TPSA) is 99.8 Å². The van der Waals surface area contributed by atoms with Gasteiger partial charge in [-0.1, -0.05) is 11.6 Å². The number of anilines is 2. The predicted molar refractivity (Wildman–Crippen MR) is 112 cm³/mol. The fourth-order valence-electron chi connectivity index (χ4n) is 3.88. The molecule has 0 spiro atoms. The number of fused-ring (bicyclic) bond motifs is 1. The number of sulfonamides is 1. The van der Waals surface area contributed by atoms with Crippen LogP contribution < -0.4 is 15.5 Å². The van der Waals surface area contributed by atoms with E-state index in [0.29, 0.717) is 24.2 Å². The van der Waals surface area contributed by atoms with Crippen LogP contribution in [0.15, 0.2) is 35.2 Å². The molecule has 0 bridgehead atoms. The van der Waals surface area contributed by atoms with Crippen molar-refractivity contribution in [3.8, 4) is 0 Å². The second kappa shape index (κ2) is 8.09. The van der Waals surface area contributed by atoms with E-state index in [1.807, 2.05) is 0 Å². The first-order valence-electron chi connectivity index (χ1n) is 9.66. The van der Waals surface area contributed by atoms with E-state index in [1.165, 1.54) is 21.3 Å². The van der Waals surface area contributed by atoms with Crippen LogP contribution in [0.2, 0.25) is 5.15 Å². The van der Waals surface area contributed by atoms with Crippen LogP contribution in [0.4, 0.5) is 29.5 Å². The van der Waals surface area contributed by atoms with Crippen LogP contribution >= 0.6 is 11.6 Å². The van der Waals surface area contributed by atoms with Crippen molar-refractivity contribution in [3.05, 3.63) is 46.6 Å². The molecule has 0 aliphatic carbocycles. The van der Waals surface area contributed by atoms with Crippen molar-refractivity contribution >= 4 is 39.2 Å². The highest BCUT2D eigenvalue weighted by molar-refractivity contribution is 7.89. The predicted octanol–water partition coefficient (Wildman–Crippen LogP) is 2.71. The lowest BCUT2D eigenvalue weighted by atomic mass is 10.2. The first-order chi connectivity index (χ1) is 15.0. The number of rotatable bonds is 3. The number of hydrogen-bond acceptors (Lipinski definition) is 5. The summed E-state index contributed by atoms with van der Waals surface area (Å²) < 4.78 is 66.7. The summed E-state index contributed by atoms with van der Waals surface area (Å²) in [5, 5.41) is -0.284. The Bertz CT molecular complexity index is 1170. The highest BCUT2D eigenvalue weighted by Gasteiger charge is 2.34. The van der Waals surface area contributed by atoms with Crippen LogP contribution in [0.25, 0.3) is 0 Å². The first kappa shape index (κ1) is 22.6. The van der Waals surface area contributed by atoms with E-state index in [2.05, 4.69) is 4.98 Å². The molecule has 0 atom stereocenters. The van der Waals surface area contributed by atoms with Crippen molar-refractivity contribution in [2.45, 2.75) is 17.5 Å². The maximum atomic E-state index is 13.1. The fraction of sp³-hybridized carbons (Fsp3) is 0.368. The van der Waals surface area contributed by atoms with Crippen molar-refractivity contribution in [3.63, 3.8) is 0 Å². The molecule has 1 fully saturated rings. The lowest BCUT2D eigenvalue weighted by Crippen LogP contribution is -2.49. The van der Waals surface area contributed by atoms with Crippen LogP contribution in [0.5, 0.6) is 0 Å². The van der Waals surface area contributed by atoms with Gasteiger partial charge in [-0.15, -0.1) is 0 Å². The van der Waals surface area contributed by atoms with Crippen LogP contribution in [-0.2, 0) is 22.6 Å². The van der Waals surface area contributed by atoms with E-state index < -0.39 is 27.8 Å². The summed E-state index contributed by atoms with van der Waals surface area (Å²) in [7, 11) is -3.82. The van der Waals surface area contributed by atoms with Gasteiger partial charge in [0.1, 0.15) is 11.0 Å². The molecule has 32 heavy (non-hydrogen) atoms. The fourth-order valence-corrected chi connectivity index (χ4v) is 5.56. The number of aromatic nitrogens is 1. The summed E-state index contributed by atoms with van der Waals surface area (Å²) in [6.45, 7) is 0.846. The standard InChI is InChI=1S/C19H19ClF3N5O3S/c20-16-10-13(19(21,22)23)11-17(25-16)26-5-7-27(8-6-26)32(30,31)14-1-2-15-12(9-14)3-4-28(15)18(24)29/h1-2,9-11H,3-8H2,(H2,24,29). The van der Waals surface area contributed by atoms with E-state index in [1.54, 1.807) is 11.0 Å². The molecule has 172 valence electrons. The molecule has 2 N–H and O–H groups in total. The summed E-state index contributed by atoms with van der Waals surface area (Å²) in [6.07, 6.45) is -4.07. The van der Waals surface area contributed by atoms with Gasteiger partial charge in [-0.2, -0.15) is 17.5 Å². The van der Waals surface area contributed by atoms with Gasteiger partial charge in [0.15, 0.2) is 0 Å². The van der Waals surface area contributed by atoms with Crippen molar-refractivity contribution < 1.29 is 26.4 Å². The van der Waals surface area contributed by atoms with Gasteiger partial charge < -0.3 is 10.6 Å². The van der Waals surface area contributed by atoms with Gasteiger partial charge in [-0.05, 0) is 42.3 Å². The number of hydrogen-bond donors (Lipinski definition) is 1. The smallest absolute Gasteiger partial charge is 0.354 e. The van der Waals surface area contributed by atoms with Crippen LogP contribution in [0.3, 0.4) is 0 Å². The SMILES string of the molecule is NC(=O)N1CCc2cc(S(=O)(=O)N3CCN(c4cc(C(F)(F)F)cc(Cl)n4)CC3)ccc21. The number of piperazine rings is 1. The Kier molecular flexibility index (Phi) is 5.72. The van der Waals surface area contributed by atoms with E-state index in [0.717, 1.165) is 12.1 Å². The summed E-state index contributed by atoms with van der Waals surface area (Å²) in [5.74, 6) is 0.0472. The second-order valence-corrected chi connectivity index (χ2v) is 9.78. The first-order valence-corrected chi connectivity index (χ1v) is 11.5. The molecule has 0 unspecified atom stereocenters. The maximum absolute atomic E-state index is 13.1. The average Bonchev–Trinajstić information content (AvgIpc) is 3.16. The zero-order valence-electron chi connectivity index (χ0n) is 16.6. The average molecular weight is 490 g/mol. The second-order valence-electron chi connectivity index (χ2n) is 7.46. The Morgan fingerprint density at radius 1 is 1.06 bits per heavy atom. The number of nitrogens with zero attached hydrogens (tertiary/aromatic N) is 4. The maximum Gasteiger partial charge on any atom is 0.416 e. The Morgan fingerprint density at radius 2 is 1.75 bits per heavy atom. The largest absolute Gasteiger partial charge is 0.416 e. The molecule has 3 heterocycles. The molecule has 2 aliphatic rings. The lowest BCUT2D eigenvalue weighted by Gasteiger charge is -2.35. The molecule has 1 saturated heterocycles. The molecular formula is C19H19ClF3N5O3S. The summed E-state index contributed by atoms with van der Waals surface area (Å²) in [6, 6.07) is 5.58. The van der Waals surface area contributed by atoms with Crippen LogP contribution in [0.1, 0.15) is 11.1 Å². The molecule has 4 rings (SSSR count). The zero-order chi connectivity index (χ0) is 23.3. The Morgan fingerprint density at radius 3 is 2.38 bits per heavy atom. The molecule has 2 amide bonds. The molecule has 13 heteroatoms. The van der Waals surface area contributed by atoms with E-state index in [9.17, 15) is 26.4 Å². The molecule has 0 saturated carbocycles. The highest BCUT2D eigenvalue weighted by atomic mass is 35.5.